The minimum atomic E-state index is -0.809. The molecule has 0 aromatic heterocycles. The third-order valence-electron chi connectivity index (χ3n) is 3.05. The monoisotopic (exact) mass is 310 g/mol. The highest BCUT2D eigenvalue weighted by Gasteiger charge is 2.01. The molecule has 5 heteroatoms. The summed E-state index contributed by atoms with van der Waals surface area (Å²) in [5.74, 6) is 0.225. The van der Waals surface area contributed by atoms with Gasteiger partial charge < -0.3 is 15.6 Å². The molecular formula is C18H18N2O3. The molecule has 0 unspecified atom stereocenters. The van der Waals surface area contributed by atoms with Gasteiger partial charge in [0.25, 0.3) is 0 Å². The van der Waals surface area contributed by atoms with Crippen molar-refractivity contribution in [2.24, 2.45) is 10.7 Å². The van der Waals surface area contributed by atoms with E-state index in [2.05, 4.69) is 4.99 Å². The number of aliphatic carboxylic acids is 1. The first-order valence-corrected chi connectivity index (χ1v) is 7.17. The maximum atomic E-state index is 10.6. The summed E-state index contributed by atoms with van der Waals surface area (Å²) in [5, 5.41) is 8.67. The zero-order chi connectivity index (χ0) is 16.5. The van der Waals surface area contributed by atoms with Crippen LogP contribution in [0.15, 0.2) is 71.5 Å². The van der Waals surface area contributed by atoms with Crippen LogP contribution in [0.3, 0.4) is 0 Å². The van der Waals surface area contributed by atoms with Gasteiger partial charge in [0.2, 0.25) is 0 Å². The van der Waals surface area contributed by atoms with E-state index in [9.17, 15) is 4.79 Å². The molecular weight excluding hydrogens is 292 g/mol. The van der Waals surface area contributed by atoms with Crippen LogP contribution in [0.5, 0.6) is 5.75 Å². The molecule has 5 nitrogen and oxygen atoms in total. The maximum Gasteiger partial charge on any atom is 0.303 e. The number of aryl methyl sites for hydroxylation is 1. The minimum absolute atomic E-state index is 0.109. The lowest BCUT2D eigenvalue weighted by molar-refractivity contribution is -0.136. The first-order valence-electron chi connectivity index (χ1n) is 7.17. The highest BCUT2D eigenvalue weighted by Crippen LogP contribution is 2.16. The molecule has 0 bridgehead atoms. The van der Waals surface area contributed by atoms with Crippen LogP contribution in [0.2, 0.25) is 0 Å². The van der Waals surface area contributed by atoms with Gasteiger partial charge >= 0.3 is 5.97 Å². The molecule has 0 aliphatic carbocycles. The lowest BCUT2D eigenvalue weighted by atomic mass is 10.1. The molecule has 0 aliphatic heterocycles. The summed E-state index contributed by atoms with van der Waals surface area (Å²) in [6.07, 6.45) is 3.49. The molecule has 0 radical (unpaired) electrons. The molecule has 0 saturated carbocycles. The summed E-state index contributed by atoms with van der Waals surface area (Å²) in [6.45, 7) is 0. The molecule has 0 saturated heterocycles. The van der Waals surface area contributed by atoms with Crippen molar-refractivity contribution in [3.63, 3.8) is 0 Å². The predicted molar refractivity (Wildman–Crippen MR) is 89.9 cm³/mol. The van der Waals surface area contributed by atoms with Crippen molar-refractivity contribution in [3.05, 3.63) is 72.1 Å². The van der Waals surface area contributed by atoms with Gasteiger partial charge in [-0.3, -0.25) is 9.79 Å². The Morgan fingerprint density at radius 2 is 1.83 bits per heavy atom. The number of carboxylic acid groups (broad SMARTS) is 1. The van der Waals surface area contributed by atoms with Gasteiger partial charge in [0.1, 0.15) is 5.75 Å². The van der Waals surface area contributed by atoms with E-state index in [1.807, 2.05) is 42.5 Å². The van der Waals surface area contributed by atoms with Crippen molar-refractivity contribution in [1.29, 1.82) is 0 Å². The molecule has 2 aromatic carbocycles. The van der Waals surface area contributed by atoms with Crippen molar-refractivity contribution in [2.45, 2.75) is 12.8 Å². The molecule has 0 aliphatic rings. The molecule has 118 valence electrons. The van der Waals surface area contributed by atoms with Gasteiger partial charge in [-0.1, -0.05) is 30.3 Å². The van der Waals surface area contributed by atoms with Crippen LogP contribution in [-0.2, 0) is 11.2 Å². The van der Waals surface area contributed by atoms with Crippen molar-refractivity contribution < 1.29 is 14.6 Å². The number of para-hydroxylation sites is 1. The van der Waals surface area contributed by atoms with Crippen LogP contribution in [-0.4, -0.2) is 17.3 Å². The predicted octanol–water partition coefficient (Wildman–Crippen LogP) is 3.29. The number of nitrogens with zero attached hydrogens (tertiary/aromatic N) is 1. The Hall–Kier alpha value is -3.08. The Morgan fingerprint density at radius 3 is 2.43 bits per heavy atom. The molecule has 0 fully saturated rings. The van der Waals surface area contributed by atoms with E-state index in [-0.39, 0.29) is 6.42 Å². The third kappa shape index (κ3) is 5.67. The van der Waals surface area contributed by atoms with E-state index in [0.717, 1.165) is 11.3 Å². The number of carbonyl (C=O) groups is 1. The minimum Gasteiger partial charge on any atom is -0.481 e. The van der Waals surface area contributed by atoms with Gasteiger partial charge in [-0.25, -0.2) is 0 Å². The van der Waals surface area contributed by atoms with Crippen LogP contribution in [0.25, 0.3) is 0 Å². The number of hydrogen-bond acceptors (Lipinski definition) is 4. The second-order valence-electron chi connectivity index (χ2n) is 4.80. The molecule has 0 amide bonds. The van der Waals surface area contributed by atoms with Gasteiger partial charge in [0, 0.05) is 12.6 Å². The summed E-state index contributed by atoms with van der Waals surface area (Å²) in [7, 11) is 0. The number of hydrogen-bond donors (Lipinski definition) is 2. The molecule has 3 N–H and O–H groups in total. The van der Waals surface area contributed by atoms with Crippen LogP contribution < -0.4 is 10.5 Å². The molecule has 0 heterocycles. The Balaban J connectivity index is 1.96. The van der Waals surface area contributed by atoms with Gasteiger partial charge in [0.15, 0.2) is 5.76 Å². The quantitative estimate of drug-likeness (QED) is 0.607. The van der Waals surface area contributed by atoms with Crippen LogP contribution in [0.4, 0.5) is 5.69 Å². The lowest BCUT2D eigenvalue weighted by Gasteiger charge is -2.06. The molecule has 0 spiro atoms. The van der Waals surface area contributed by atoms with Gasteiger partial charge in [-0.2, -0.15) is 0 Å². The van der Waals surface area contributed by atoms with E-state index in [0.29, 0.717) is 17.9 Å². The highest BCUT2D eigenvalue weighted by atomic mass is 16.5. The Kier molecular flexibility index (Phi) is 5.94. The normalized spacial score (nSPS) is 11.6. The standard InChI is InChI=1S/C18H18N2O3/c19-12-17(13-20-15-4-2-1-3-5-15)23-16-9-6-14(7-10-16)8-11-18(21)22/h1-7,9-10,12-13H,8,11,19H2,(H,21,22)/b17-12-,20-13+. The van der Waals surface area contributed by atoms with Crippen LogP contribution >= 0.6 is 0 Å². The SMILES string of the molecule is N/C=C(/C=N/c1ccccc1)Oc1ccc(CCC(=O)O)cc1. The summed E-state index contributed by atoms with van der Waals surface area (Å²) in [5.41, 5.74) is 7.30. The number of allylic oxidation sites excluding steroid dienone is 1. The number of rotatable bonds is 7. The Labute approximate surface area is 134 Å². The van der Waals surface area contributed by atoms with Crippen molar-refractivity contribution in [2.75, 3.05) is 0 Å². The molecule has 2 aromatic rings. The number of carboxylic acids is 1. The first kappa shape index (κ1) is 16.3. The fraction of sp³-hybridized carbons (Fsp3) is 0.111. The largest absolute Gasteiger partial charge is 0.481 e. The average Bonchev–Trinajstić information content (AvgIpc) is 2.58. The van der Waals surface area contributed by atoms with Crippen molar-refractivity contribution in [3.8, 4) is 5.75 Å². The average molecular weight is 310 g/mol. The second kappa shape index (κ2) is 8.38. The van der Waals surface area contributed by atoms with Crippen molar-refractivity contribution in [1.82, 2.24) is 0 Å². The van der Waals surface area contributed by atoms with E-state index >= 15 is 0 Å². The zero-order valence-electron chi connectivity index (χ0n) is 12.6. The van der Waals surface area contributed by atoms with E-state index in [1.165, 1.54) is 6.20 Å². The van der Waals surface area contributed by atoms with Crippen LogP contribution in [0.1, 0.15) is 12.0 Å². The summed E-state index contributed by atoms with van der Waals surface area (Å²) in [4.78, 5) is 14.8. The maximum absolute atomic E-state index is 10.6. The topological polar surface area (TPSA) is 84.9 Å². The zero-order valence-corrected chi connectivity index (χ0v) is 12.6. The number of ether oxygens (including phenoxy) is 1. The fourth-order valence-electron chi connectivity index (χ4n) is 1.87. The number of benzene rings is 2. The first-order chi connectivity index (χ1) is 11.2. The second-order valence-corrected chi connectivity index (χ2v) is 4.80. The Bertz CT molecular complexity index is 692. The van der Waals surface area contributed by atoms with E-state index < -0.39 is 5.97 Å². The van der Waals surface area contributed by atoms with E-state index in [1.54, 1.807) is 18.3 Å². The highest BCUT2D eigenvalue weighted by molar-refractivity contribution is 5.79. The number of aliphatic imine (C=N–C) groups is 1. The lowest BCUT2D eigenvalue weighted by Crippen LogP contribution is -2.01. The summed E-state index contributed by atoms with van der Waals surface area (Å²) in [6, 6.07) is 16.7. The van der Waals surface area contributed by atoms with Gasteiger partial charge in [-0.05, 0) is 36.2 Å². The molecule has 23 heavy (non-hydrogen) atoms. The Morgan fingerprint density at radius 1 is 1.13 bits per heavy atom. The van der Waals surface area contributed by atoms with Gasteiger partial charge in [0.05, 0.1) is 11.9 Å². The summed E-state index contributed by atoms with van der Waals surface area (Å²) >= 11 is 0. The number of nitrogens with two attached hydrogens (primary N) is 1. The van der Waals surface area contributed by atoms with E-state index in [4.69, 9.17) is 15.6 Å². The van der Waals surface area contributed by atoms with Crippen molar-refractivity contribution >= 4 is 17.9 Å². The van der Waals surface area contributed by atoms with Crippen LogP contribution in [0, 0.1) is 0 Å². The molecule has 2 rings (SSSR count). The smallest absolute Gasteiger partial charge is 0.303 e. The summed E-state index contributed by atoms with van der Waals surface area (Å²) < 4.78 is 5.64. The third-order valence-corrected chi connectivity index (χ3v) is 3.05. The molecule has 0 atom stereocenters. The van der Waals surface area contributed by atoms with Gasteiger partial charge in [-0.15, -0.1) is 0 Å². The fourth-order valence-corrected chi connectivity index (χ4v) is 1.87.